The lowest BCUT2D eigenvalue weighted by Crippen LogP contribution is -2.56. The maximum atomic E-state index is 12.6. The first kappa shape index (κ1) is 20.6. The number of phenols is 2. The minimum atomic E-state index is -2.69. The highest BCUT2D eigenvalue weighted by molar-refractivity contribution is 5.88. The van der Waals surface area contributed by atoms with Crippen LogP contribution >= 0.6 is 0 Å². The van der Waals surface area contributed by atoms with E-state index in [4.69, 9.17) is 9.15 Å². The number of fused-ring (bicyclic) bond motifs is 1. The van der Waals surface area contributed by atoms with E-state index in [0.717, 1.165) is 6.07 Å². The maximum Gasteiger partial charge on any atom is 0.229 e. The first-order chi connectivity index (χ1) is 13.1. The summed E-state index contributed by atoms with van der Waals surface area (Å²) in [4.78, 5) is 12.6. The third-order valence-corrected chi connectivity index (χ3v) is 5.26. The highest BCUT2D eigenvalue weighted by Crippen LogP contribution is 2.45. The van der Waals surface area contributed by atoms with Crippen molar-refractivity contribution in [2.24, 2.45) is 0 Å². The van der Waals surface area contributed by atoms with Crippen LogP contribution in [0.3, 0.4) is 0 Å². The number of rotatable bonds is 4. The molecule has 0 spiro atoms. The second-order valence-electron chi connectivity index (χ2n) is 7.18. The molecule has 1 saturated heterocycles. The molecule has 1 aromatic carbocycles. The van der Waals surface area contributed by atoms with E-state index in [0.29, 0.717) is 6.42 Å². The highest BCUT2D eigenvalue weighted by Gasteiger charge is 2.52. The normalized spacial score (nSPS) is 29.1. The molecular formula is C19H24O9. The van der Waals surface area contributed by atoms with Crippen molar-refractivity contribution < 1.29 is 39.8 Å². The average Bonchev–Trinajstić information content (AvgIpc) is 2.64. The molecule has 28 heavy (non-hydrogen) atoms. The second-order valence-corrected chi connectivity index (χ2v) is 7.18. The van der Waals surface area contributed by atoms with Gasteiger partial charge in [-0.05, 0) is 6.42 Å². The molecule has 2 heterocycles. The molecule has 0 bridgehead atoms. The summed E-state index contributed by atoms with van der Waals surface area (Å²) in [5.74, 6) is -3.91. The SMILES string of the molecule is CCC(C)c1cc(=O)c2c(O)cc(O)c(C3(O)OC(CO)CC(O)C3O)c2o1. The molecule has 0 amide bonds. The summed E-state index contributed by atoms with van der Waals surface area (Å²) in [5.41, 5.74) is -1.48. The first-order valence-corrected chi connectivity index (χ1v) is 9.04. The van der Waals surface area contributed by atoms with Crippen LogP contribution in [0.15, 0.2) is 21.3 Å². The number of benzene rings is 1. The number of aliphatic hydroxyl groups is 4. The summed E-state index contributed by atoms with van der Waals surface area (Å²) in [6.07, 6.45) is -3.96. The molecule has 1 aromatic heterocycles. The Hall–Kier alpha value is -2.17. The van der Waals surface area contributed by atoms with Crippen LogP contribution in [0.25, 0.3) is 11.0 Å². The molecule has 5 unspecified atom stereocenters. The predicted molar refractivity (Wildman–Crippen MR) is 97.0 cm³/mol. The van der Waals surface area contributed by atoms with Gasteiger partial charge in [-0.3, -0.25) is 4.79 Å². The quantitative estimate of drug-likeness (QED) is 0.429. The molecule has 1 aliphatic heterocycles. The van der Waals surface area contributed by atoms with E-state index >= 15 is 0 Å². The lowest BCUT2D eigenvalue weighted by molar-refractivity contribution is -0.334. The van der Waals surface area contributed by atoms with Gasteiger partial charge in [0.1, 0.15) is 28.7 Å². The molecule has 2 aromatic rings. The van der Waals surface area contributed by atoms with E-state index in [2.05, 4.69) is 0 Å². The monoisotopic (exact) mass is 396 g/mol. The lowest BCUT2D eigenvalue weighted by Gasteiger charge is -2.43. The summed E-state index contributed by atoms with van der Waals surface area (Å²) < 4.78 is 11.1. The third kappa shape index (κ3) is 3.15. The Bertz CT molecular complexity index is 937. The van der Waals surface area contributed by atoms with Crippen LogP contribution in [0.2, 0.25) is 0 Å². The topological polar surface area (TPSA) is 161 Å². The van der Waals surface area contributed by atoms with Gasteiger partial charge >= 0.3 is 0 Å². The fourth-order valence-corrected chi connectivity index (χ4v) is 3.46. The molecule has 1 fully saturated rings. The fourth-order valence-electron chi connectivity index (χ4n) is 3.46. The van der Waals surface area contributed by atoms with Crippen LogP contribution in [0, 0.1) is 0 Å². The van der Waals surface area contributed by atoms with Crippen molar-refractivity contribution in [3.8, 4) is 11.5 Å². The Morgan fingerprint density at radius 1 is 1.25 bits per heavy atom. The average molecular weight is 396 g/mol. The summed E-state index contributed by atoms with van der Waals surface area (Å²) >= 11 is 0. The van der Waals surface area contributed by atoms with E-state index in [1.165, 1.54) is 6.07 Å². The number of aromatic hydroxyl groups is 2. The Labute approximate surface area is 160 Å². The zero-order valence-electron chi connectivity index (χ0n) is 15.5. The number of hydrogen-bond acceptors (Lipinski definition) is 9. The summed E-state index contributed by atoms with van der Waals surface area (Å²) in [6.45, 7) is 3.11. The van der Waals surface area contributed by atoms with E-state index < -0.39 is 53.2 Å². The number of hydrogen-bond donors (Lipinski definition) is 6. The highest BCUT2D eigenvalue weighted by atomic mass is 16.7. The van der Waals surface area contributed by atoms with Crippen molar-refractivity contribution in [1.29, 1.82) is 0 Å². The number of ether oxygens (including phenoxy) is 1. The van der Waals surface area contributed by atoms with Gasteiger partial charge in [-0.25, -0.2) is 0 Å². The van der Waals surface area contributed by atoms with Crippen molar-refractivity contribution in [2.75, 3.05) is 6.61 Å². The molecule has 9 heteroatoms. The van der Waals surface area contributed by atoms with E-state index in [1.807, 2.05) is 6.92 Å². The summed E-state index contributed by atoms with van der Waals surface area (Å²) in [5, 5.41) is 61.3. The molecule has 154 valence electrons. The third-order valence-electron chi connectivity index (χ3n) is 5.26. The predicted octanol–water partition coefficient (Wildman–Crippen LogP) is 0.366. The first-order valence-electron chi connectivity index (χ1n) is 9.04. The van der Waals surface area contributed by atoms with E-state index in [9.17, 15) is 35.4 Å². The largest absolute Gasteiger partial charge is 0.507 e. The van der Waals surface area contributed by atoms with Crippen LogP contribution < -0.4 is 5.43 Å². The second kappa shape index (κ2) is 7.34. The van der Waals surface area contributed by atoms with Crippen LogP contribution in [-0.2, 0) is 10.5 Å². The minimum absolute atomic E-state index is 0.154. The number of aliphatic hydroxyl groups excluding tert-OH is 3. The van der Waals surface area contributed by atoms with Crippen LogP contribution in [0.5, 0.6) is 11.5 Å². The van der Waals surface area contributed by atoms with Crippen molar-refractivity contribution in [1.82, 2.24) is 0 Å². The van der Waals surface area contributed by atoms with Crippen LogP contribution in [-0.4, -0.2) is 55.6 Å². The van der Waals surface area contributed by atoms with Gasteiger partial charge < -0.3 is 39.8 Å². The smallest absolute Gasteiger partial charge is 0.229 e. The van der Waals surface area contributed by atoms with Crippen molar-refractivity contribution in [2.45, 2.75) is 56.7 Å². The zero-order valence-corrected chi connectivity index (χ0v) is 15.5. The molecule has 6 N–H and O–H groups in total. The van der Waals surface area contributed by atoms with Crippen molar-refractivity contribution >= 4 is 11.0 Å². The fraction of sp³-hybridized carbons (Fsp3) is 0.526. The van der Waals surface area contributed by atoms with Crippen molar-refractivity contribution in [3.63, 3.8) is 0 Å². The molecule has 5 atom stereocenters. The van der Waals surface area contributed by atoms with Crippen molar-refractivity contribution in [3.05, 3.63) is 33.7 Å². The molecular weight excluding hydrogens is 372 g/mol. The number of phenolic OH excluding ortho intramolecular Hbond substituents is 2. The lowest BCUT2D eigenvalue weighted by atomic mass is 9.88. The Morgan fingerprint density at radius 3 is 2.54 bits per heavy atom. The zero-order chi connectivity index (χ0) is 20.8. The van der Waals surface area contributed by atoms with Gasteiger partial charge in [-0.2, -0.15) is 0 Å². The Kier molecular flexibility index (Phi) is 5.39. The molecule has 9 nitrogen and oxygen atoms in total. The Balaban J connectivity index is 2.36. The molecule has 3 rings (SSSR count). The minimum Gasteiger partial charge on any atom is -0.507 e. The van der Waals surface area contributed by atoms with Gasteiger partial charge in [0.2, 0.25) is 5.79 Å². The molecule has 0 radical (unpaired) electrons. The van der Waals surface area contributed by atoms with Crippen LogP contribution in [0.4, 0.5) is 0 Å². The van der Waals surface area contributed by atoms with Gasteiger partial charge in [-0.1, -0.05) is 13.8 Å². The standard InChI is InChI=1S/C19H24O9/c1-3-8(2)14-6-11(22)15-10(21)5-12(23)16(17(15)27-14)19(26)18(25)13(24)4-9(7-20)28-19/h5-6,8-9,13,18,20-21,23-26H,3-4,7H2,1-2H3. The Morgan fingerprint density at radius 2 is 1.93 bits per heavy atom. The van der Waals surface area contributed by atoms with Crippen LogP contribution in [0.1, 0.15) is 43.9 Å². The summed E-state index contributed by atoms with van der Waals surface area (Å²) in [6, 6.07) is 2.03. The van der Waals surface area contributed by atoms with Gasteiger partial charge in [0.25, 0.3) is 0 Å². The maximum absolute atomic E-state index is 12.6. The van der Waals surface area contributed by atoms with Gasteiger partial charge in [0.15, 0.2) is 11.0 Å². The van der Waals surface area contributed by atoms with Gasteiger partial charge in [0, 0.05) is 24.5 Å². The van der Waals surface area contributed by atoms with Gasteiger partial charge in [-0.15, -0.1) is 0 Å². The molecule has 0 saturated carbocycles. The summed E-state index contributed by atoms with van der Waals surface area (Å²) in [7, 11) is 0. The van der Waals surface area contributed by atoms with E-state index in [1.54, 1.807) is 6.92 Å². The van der Waals surface area contributed by atoms with E-state index in [-0.39, 0.29) is 29.1 Å². The van der Waals surface area contributed by atoms with Gasteiger partial charge in [0.05, 0.1) is 24.4 Å². The molecule has 1 aliphatic rings. The molecule has 0 aliphatic carbocycles.